The van der Waals surface area contributed by atoms with Gasteiger partial charge in [0.05, 0.1) is 17.7 Å². The minimum atomic E-state index is -4.00. The molecule has 27 heavy (non-hydrogen) atoms. The van der Waals surface area contributed by atoms with Crippen LogP contribution in [0.1, 0.15) is 5.56 Å². The summed E-state index contributed by atoms with van der Waals surface area (Å²) in [6.45, 7) is 1.69. The Morgan fingerprint density at radius 2 is 2.00 bits per heavy atom. The van der Waals surface area contributed by atoms with Gasteiger partial charge in [0, 0.05) is 11.6 Å². The number of benzene rings is 2. The van der Waals surface area contributed by atoms with Crippen LogP contribution in [0.4, 0.5) is 5.69 Å². The lowest BCUT2D eigenvalue weighted by Crippen LogP contribution is -2.49. The maximum Gasteiger partial charge on any atom is 0.266 e. The van der Waals surface area contributed by atoms with Gasteiger partial charge >= 0.3 is 0 Å². The number of pyridine rings is 1. The molecular weight excluding hydrogens is 366 g/mol. The highest BCUT2D eigenvalue weighted by Crippen LogP contribution is 2.37. The molecule has 8 heteroatoms. The summed E-state index contributed by atoms with van der Waals surface area (Å²) in [5, 5.41) is 0.726. The first-order valence-electron chi connectivity index (χ1n) is 8.31. The van der Waals surface area contributed by atoms with E-state index in [4.69, 9.17) is 10.5 Å². The highest BCUT2D eigenvalue weighted by atomic mass is 32.2. The summed E-state index contributed by atoms with van der Waals surface area (Å²) in [4.78, 5) is 16.1. The largest absolute Gasteiger partial charge is 0.476 e. The van der Waals surface area contributed by atoms with Crippen molar-refractivity contribution in [3.63, 3.8) is 0 Å². The van der Waals surface area contributed by atoms with Gasteiger partial charge in [-0.1, -0.05) is 24.3 Å². The van der Waals surface area contributed by atoms with Crippen molar-refractivity contribution in [2.75, 3.05) is 10.8 Å². The highest BCUT2D eigenvalue weighted by molar-refractivity contribution is 7.93. The zero-order chi connectivity index (χ0) is 19.2. The van der Waals surface area contributed by atoms with E-state index in [1.54, 1.807) is 36.5 Å². The first kappa shape index (κ1) is 17.3. The Morgan fingerprint density at radius 1 is 1.22 bits per heavy atom. The van der Waals surface area contributed by atoms with E-state index < -0.39 is 22.0 Å². The van der Waals surface area contributed by atoms with Crippen molar-refractivity contribution >= 4 is 32.5 Å². The lowest BCUT2D eigenvalue weighted by molar-refractivity contribution is -0.124. The van der Waals surface area contributed by atoms with Crippen molar-refractivity contribution in [2.24, 2.45) is 5.73 Å². The van der Waals surface area contributed by atoms with Crippen LogP contribution >= 0.6 is 0 Å². The van der Waals surface area contributed by atoms with Crippen molar-refractivity contribution in [2.45, 2.75) is 17.9 Å². The second-order valence-electron chi connectivity index (χ2n) is 6.35. The molecule has 7 nitrogen and oxygen atoms in total. The fourth-order valence-electron chi connectivity index (χ4n) is 3.15. The van der Waals surface area contributed by atoms with Crippen LogP contribution in [0, 0.1) is 6.92 Å². The molecule has 4 rings (SSSR count). The number of amides is 1. The van der Waals surface area contributed by atoms with Crippen LogP contribution in [-0.4, -0.2) is 32.0 Å². The van der Waals surface area contributed by atoms with Crippen LogP contribution in [0.5, 0.6) is 5.75 Å². The van der Waals surface area contributed by atoms with Crippen LogP contribution in [0.3, 0.4) is 0 Å². The third-order valence-corrected chi connectivity index (χ3v) is 6.24. The molecule has 0 saturated carbocycles. The first-order chi connectivity index (χ1) is 12.9. The number of fused-ring (bicyclic) bond motifs is 2. The van der Waals surface area contributed by atoms with Crippen LogP contribution in [0.15, 0.2) is 59.6 Å². The molecule has 2 N–H and O–H groups in total. The van der Waals surface area contributed by atoms with Crippen LogP contribution in [0.2, 0.25) is 0 Å². The smallest absolute Gasteiger partial charge is 0.266 e. The Labute approximate surface area is 156 Å². The summed E-state index contributed by atoms with van der Waals surface area (Å²) < 4.78 is 33.7. The monoisotopic (exact) mass is 383 g/mol. The number of carbonyl (C=O) groups is 1. The van der Waals surface area contributed by atoms with Gasteiger partial charge in [-0.25, -0.2) is 8.42 Å². The number of sulfonamides is 1. The molecule has 2 aromatic carbocycles. The lowest BCUT2D eigenvalue weighted by Gasteiger charge is -2.34. The number of primary amides is 1. The van der Waals surface area contributed by atoms with Crippen LogP contribution in [0.25, 0.3) is 10.9 Å². The fourth-order valence-corrected chi connectivity index (χ4v) is 4.79. The number of carbonyl (C=O) groups excluding carboxylic acids is 1. The number of nitrogens with zero attached hydrogens (tertiary/aromatic N) is 2. The number of aryl methyl sites for hydroxylation is 1. The van der Waals surface area contributed by atoms with Gasteiger partial charge in [0.15, 0.2) is 6.10 Å². The number of anilines is 1. The molecule has 138 valence electrons. The fraction of sp³-hybridized carbons (Fsp3) is 0.158. The Kier molecular flexibility index (Phi) is 4.00. The minimum absolute atomic E-state index is 0.0694. The summed E-state index contributed by atoms with van der Waals surface area (Å²) in [5.74, 6) is -0.434. The summed E-state index contributed by atoms with van der Waals surface area (Å²) in [7, 11) is -4.00. The number of ether oxygens (including phenoxy) is 1. The predicted octanol–water partition coefficient (Wildman–Crippen LogP) is 1.98. The van der Waals surface area contributed by atoms with E-state index in [2.05, 4.69) is 4.98 Å². The molecule has 1 aromatic heterocycles. The predicted molar refractivity (Wildman–Crippen MR) is 101 cm³/mol. The molecule has 0 radical (unpaired) electrons. The van der Waals surface area contributed by atoms with E-state index in [0.29, 0.717) is 17.0 Å². The van der Waals surface area contributed by atoms with E-state index in [0.717, 1.165) is 15.3 Å². The Balaban J connectivity index is 1.91. The summed E-state index contributed by atoms with van der Waals surface area (Å²) in [6, 6.07) is 13.5. The average molecular weight is 383 g/mol. The minimum Gasteiger partial charge on any atom is -0.476 e. The van der Waals surface area contributed by atoms with Crippen molar-refractivity contribution in [1.82, 2.24) is 4.98 Å². The molecule has 3 aromatic rings. The molecular formula is C19H17N3O4S. The van der Waals surface area contributed by atoms with E-state index >= 15 is 0 Å². The summed E-state index contributed by atoms with van der Waals surface area (Å²) in [6.07, 6.45) is 0.556. The maximum absolute atomic E-state index is 13.5. The van der Waals surface area contributed by atoms with E-state index in [1.807, 2.05) is 19.1 Å². The topological polar surface area (TPSA) is 103 Å². The molecule has 0 saturated heterocycles. The van der Waals surface area contributed by atoms with E-state index in [9.17, 15) is 13.2 Å². The van der Waals surface area contributed by atoms with Gasteiger partial charge in [-0.05, 0) is 36.8 Å². The van der Waals surface area contributed by atoms with Crippen LogP contribution in [-0.2, 0) is 14.8 Å². The molecule has 1 amide bonds. The van der Waals surface area contributed by atoms with Crippen molar-refractivity contribution < 1.29 is 17.9 Å². The van der Waals surface area contributed by atoms with Gasteiger partial charge in [-0.2, -0.15) is 0 Å². The Morgan fingerprint density at radius 3 is 2.78 bits per heavy atom. The Hall–Kier alpha value is -3.13. The maximum atomic E-state index is 13.5. The van der Waals surface area contributed by atoms with Gasteiger partial charge in [-0.15, -0.1) is 0 Å². The van der Waals surface area contributed by atoms with Crippen molar-refractivity contribution in [3.8, 4) is 5.75 Å². The van der Waals surface area contributed by atoms with E-state index in [-0.39, 0.29) is 11.4 Å². The summed E-state index contributed by atoms with van der Waals surface area (Å²) >= 11 is 0. The van der Waals surface area contributed by atoms with Crippen LogP contribution < -0.4 is 14.8 Å². The van der Waals surface area contributed by atoms with Crippen molar-refractivity contribution in [1.29, 1.82) is 0 Å². The van der Waals surface area contributed by atoms with Gasteiger partial charge < -0.3 is 10.5 Å². The number of hydrogen-bond donors (Lipinski definition) is 1. The number of para-hydroxylation sites is 3. The standard InChI is InChI=1S/C19H17N3O4S/c1-12-9-13-5-4-8-17(18(13)21-10-12)27(24,25)22-11-16(19(20)23)26-15-7-3-2-6-14(15)22/h2-10,16H,11H2,1H3,(H2,20,23). The molecule has 0 spiro atoms. The number of nitrogens with two attached hydrogens (primary N) is 1. The molecule has 1 aliphatic rings. The quantitative estimate of drug-likeness (QED) is 0.745. The first-order valence-corrected chi connectivity index (χ1v) is 9.75. The molecule has 1 aliphatic heterocycles. The van der Waals surface area contributed by atoms with Gasteiger partial charge in [0.1, 0.15) is 10.6 Å². The third kappa shape index (κ3) is 2.87. The number of hydrogen-bond acceptors (Lipinski definition) is 5. The zero-order valence-corrected chi connectivity index (χ0v) is 15.3. The number of rotatable bonds is 3. The van der Waals surface area contributed by atoms with Crippen molar-refractivity contribution in [3.05, 3.63) is 60.3 Å². The highest BCUT2D eigenvalue weighted by Gasteiger charge is 2.37. The average Bonchev–Trinajstić information content (AvgIpc) is 2.66. The summed E-state index contributed by atoms with van der Waals surface area (Å²) in [5.41, 5.74) is 7.05. The zero-order valence-electron chi connectivity index (χ0n) is 14.5. The Bertz CT molecular complexity index is 1160. The SMILES string of the molecule is Cc1cnc2c(S(=O)(=O)N3CC(C(N)=O)Oc4ccccc43)cccc2c1. The van der Waals surface area contributed by atoms with Gasteiger partial charge in [-0.3, -0.25) is 14.1 Å². The molecule has 1 atom stereocenters. The number of aromatic nitrogens is 1. The molecule has 2 heterocycles. The van der Waals surface area contributed by atoms with E-state index in [1.165, 1.54) is 6.07 Å². The van der Waals surface area contributed by atoms with Gasteiger partial charge in [0.25, 0.3) is 15.9 Å². The normalized spacial score (nSPS) is 16.6. The third-order valence-electron chi connectivity index (χ3n) is 4.43. The lowest BCUT2D eigenvalue weighted by atomic mass is 10.2. The second-order valence-corrected chi connectivity index (χ2v) is 8.18. The molecule has 0 aliphatic carbocycles. The molecule has 0 fully saturated rings. The molecule has 1 unspecified atom stereocenters. The molecule has 0 bridgehead atoms. The second kappa shape index (κ2) is 6.24. The van der Waals surface area contributed by atoms with Gasteiger partial charge in [0.2, 0.25) is 0 Å².